The van der Waals surface area contributed by atoms with Crippen molar-refractivity contribution in [1.29, 1.82) is 0 Å². The molecule has 0 radical (unpaired) electrons. The summed E-state index contributed by atoms with van der Waals surface area (Å²) in [5.74, 6) is 0.847. The lowest BCUT2D eigenvalue weighted by Crippen LogP contribution is -2.38. The fourth-order valence-electron chi connectivity index (χ4n) is 2.08. The number of aromatic nitrogens is 2. The van der Waals surface area contributed by atoms with Crippen molar-refractivity contribution in [2.75, 3.05) is 33.4 Å². The zero-order valence-corrected chi connectivity index (χ0v) is 16.5. The molecule has 0 bridgehead atoms. The second-order valence-electron chi connectivity index (χ2n) is 4.98. The van der Waals surface area contributed by atoms with E-state index >= 15 is 0 Å². The molecule has 0 saturated carbocycles. The fourth-order valence-corrected chi connectivity index (χ4v) is 2.08. The third-order valence-corrected chi connectivity index (χ3v) is 3.13. The first-order valence-corrected chi connectivity index (χ1v) is 7.70. The average Bonchev–Trinajstić information content (AvgIpc) is 2.79. The summed E-state index contributed by atoms with van der Waals surface area (Å²) < 4.78 is 7.35. The van der Waals surface area contributed by atoms with Crippen LogP contribution in [0.4, 0.5) is 0 Å². The zero-order chi connectivity index (χ0) is 15.5. The van der Waals surface area contributed by atoms with Crippen LogP contribution in [0.2, 0.25) is 0 Å². The number of guanidine groups is 1. The minimum atomic E-state index is 0. The summed E-state index contributed by atoms with van der Waals surface area (Å²) >= 11 is 0. The molecule has 2 N–H and O–H groups in total. The highest BCUT2D eigenvalue weighted by molar-refractivity contribution is 14.0. The Kier molecular flexibility index (Phi) is 12.2. The molecule has 1 aromatic heterocycles. The number of rotatable bonds is 9. The minimum absolute atomic E-state index is 0. The first-order valence-electron chi connectivity index (χ1n) is 7.70. The highest BCUT2D eigenvalue weighted by Crippen LogP contribution is 2.02. The molecule has 0 aliphatic carbocycles. The smallest absolute Gasteiger partial charge is 0.190 e. The molecule has 0 fully saturated rings. The van der Waals surface area contributed by atoms with Crippen LogP contribution in [0.3, 0.4) is 0 Å². The Morgan fingerprint density at radius 1 is 1.27 bits per heavy atom. The second-order valence-corrected chi connectivity index (χ2v) is 4.98. The molecule has 7 heteroatoms. The summed E-state index contributed by atoms with van der Waals surface area (Å²) in [5.41, 5.74) is 2.29. The minimum Gasteiger partial charge on any atom is -0.382 e. The third-order valence-electron chi connectivity index (χ3n) is 3.13. The summed E-state index contributed by atoms with van der Waals surface area (Å²) in [5, 5.41) is 11.0. The Labute approximate surface area is 151 Å². The molecule has 22 heavy (non-hydrogen) atoms. The monoisotopic (exact) mass is 423 g/mol. The predicted molar refractivity (Wildman–Crippen MR) is 102 cm³/mol. The van der Waals surface area contributed by atoms with Crippen molar-refractivity contribution in [3.8, 4) is 0 Å². The molecule has 0 atom stereocenters. The molecule has 1 aromatic rings. The van der Waals surface area contributed by atoms with Gasteiger partial charge in [0.15, 0.2) is 5.96 Å². The maximum absolute atomic E-state index is 5.30. The summed E-state index contributed by atoms with van der Waals surface area (Å²) in [7, 11) is 1.79. The van der Waals surface area contributed by atoms with E-state index in [9.17, 15) is 0 Å². The largest absolute Gasteiger partial charge is 0.382 e. The maximum atomic E-state index is 5.30. The highest BCUT2D eigenvalue weighted by atomic mass is 127. The molecular weight excluding hydrogens is 393 g/mol. The van der Waals surface area contributed by atoms with Crippen LogP contribution < -0.4 is 10.6 Å². The van der Waals surface area contributed by atoms with E-state index in [2.05, 4.69) is 38.4 Å². The van der Waals surface area contributed by atoms with E-state index < -0.39 is 0 Å². The molecular formula is C15H30IN5O. The van der Waals surface area contributed by atoms with Crippen LogP contribution in [0, 0.1) is 13.8 Å². The normalized spacial score (nSPS) is 11.2. The lowest BCUT2D eigenvalue weighted by Gasteiger charge is -2.12. The summed E-state index contributed by atoms with van der Waals surface area (Å²) in [6.45, 7) is 10.4. The third kappa shape index (κ3) is 8.57. The van der Waals surface area contributed by atoms with E-state index in [1.807, 2.05) is 13.8 Å². The number of aliphatic imine (C=N–C) groups is 1. The van der Waals surface area contributed by atoms with Gasteiger partial charge >= 0.3 is 0 Å². The molecule has 0 saturated heterocycles. The van der Waals surface area contributed by atoms with Crippen LogP contribution in [0.5, 0.6) is 0 Å². The van der Waals surface area contributed by atoms with Crippen LogP contribution in [-0.2, 0) is 11.3 Å². The van der Waals surface area contributed by atoms with Crippen LogP contribution >= 0.6 is 24.0 Å². The van der Waals surface area contributed by atoms with Crippen LogP contribution in [0.15, 0.2) is 11.1 Å². The molecule has 128 valence electrons. The van der Waals surface area contributed by atoms with Gasteiger partial charge in [-0.3, -0.25) is 9.67 Å². The number of halogens is 1. The maximum Gasteiger partial charge on any atom is 0.190 e. The van der Waals surface area contributed by atoms with Crippen molar-refractivity contribution in [2.45, 2.75) is 40.2 Å². The number of aryl methyl sites for hydroxylation is 3. The lowest BCUT2D eigenvalue weighted by atomic mass is 10.4. The number of nitrogens with zero attached hydrogens (tertiary/aromatic N) is 3. The molecule has 0 unspecified atom stereocenters. The Morgan fingerprint density at radius 2 is 1.95 bits per heavy atom. The SMILES string of the molecule is CCOCCCNC(=NC)NCCCn1nc(C)cc1C.I. The summed E-state index contributed by atoms with van der Waals surface area (Å²) in [6.07, 6.45) is 2.00. The van der Waals surface area contributed by atoms with E-state index in [1.165, 1.54) is 5.69 Å². The van der Waals surface area contributed by atoms with E-state index in [4.69, 9.17) is 4.74 Å². The standard InChI is InChI=1S/C15H29N5O.HI/c1-5-21-11-7-9-18-15(16-4)17-8-6-10-20-14(3)12-13(2)19-20;/h12H,5-11H2,1-4H3,(H2,16,17,18);1H. The molecule has 1 rings (SSSR count). The van der Waals surface area contributed by atoms with Gasteiger partial charge in [-0.2, -0.15) is 5.10 Å². The number of nitrogens with one attached hydrogen (secondary N) is 2. The first-order chi connectivity index (χ1) is 10.2. The van der Waals surface area contributed by atoms with Gasteiger partial charge in [0.05, 0.1) is 5.69 Å². The van der Waals surface area contributed by atoms with E-state index in [0.29, 0.717) is 0 Å². The average molecular weight is 423 g/mol. The molecule has 0 aliphatic rings. The highest BCUT2D eigenvalue weighted by Gasteiger charge is 2.01. The first kappa shape index (κ1) is 21.2. The van der Waals surface area contributed by atoms with Gasteiger partial charge in [-0.1, -0.05) is 0 Å². The van der Waals surface area contributed by atoms with Gasteiger partial charge in [0.1, 0.15) is 0 Å². The van der Waals surface area contributed by atoms with Gasteiger partial charge in [0, 0.05) is 45.6 Å². The summed E-state index contributed by atoms with van der Waals surface area (Å²) in [6, 6.07) is 2.10. The van der Waals surface area contributed by atoms with Crippen molar-refractivity contribution in [2.24, 2.45) is 4.99 Å². The van der Waals surface area contributed by atoms with Crippen molar-refractivity contribution in [1.82, 2.24) is 20.4 Å². The van der Waals surface area contributed by atoms with Crippen LogP contribution in [0.1, 0.15) is 31.2 Å². The van der Waals surface area contributed by atoms with Gasteiger partial charge in [0.2, 0.25) is 0 Å². The molecule has 0 aliphatic heterocycles. The van der Waals surface area contributed by atoms with E-state index in [0.717, 1.165) is 57.3 Å². The Bertz CT molecular complexity index is 434. The Morgan fingerprint density at radius 3 is 2.50 bits per heavy atom. The van der Waals surface area contributed by atoms with Crippen molar-refractivity contribution in [3.05, 3.63) is 17.5 Å². The molecule has 0 amide bonds. The number of ether oxygens (including phenoxy) is 1. The van der Waals surface area contributed by atoms with Gasteiger partial charge < -0.3 is 15.4 Å². The molecule has 1 heterocycles. The topological polar surface area (TPSA) is 63.5 Å². The zero-order valence-electron chi connectivity index (χ0n) is 14.2. The quantitative estimate of drug-likeness (QED) is 0.277. The number of hydrogen-bond donors (Lipinski definition) is 2. The van der Waals surface area contributed by atoms with Crippen LogP contribution in [0.25, 0.3) is 0 Å². The second kappa shape index (κ2) is 12.7. The Hall–Kier alpha value is -0.830. The predicted octanol–water partition coefficient (Wildman–Crippen LogP) is 2.10. The Balaban J connectivity index is 0.00000441. The fraction of sp³-hybridized carbons (Fsp3) is 0.733. The van der Waals surface area contributed by atoms with E-state index in [1.54, 1.807) is 7.05 Å². The van der Waals surface area contributed by atoms with Crippen molar-refractivity contribution < 1.29 is 4.74 Å². The molecule has 0 spiro atoms. The van der Waals surface area contributed by atoms with Gasteiger partial charge in [-0.05, 0) is 39.7 Å². The van der Waals surface area contributed by atoms with Crippen molar-refractivity contribution in [3.63, 3.8) is 0 Å². The van der Waals surface area contributed by atoms with E-state index in [-0.39, 0.29) is 24.0 Å². The molecule has 6 nitrogen and oxygen atoms in total. The molecule has 0 aromatic carbocycles. The van der Waals surface area contributed by atoms with Crippen LogP contribution in [-0.4, -0.2) is 49.1 Å². The van der Waals surface area contributed by atoms with Crippen molar-refractivity contribution >= 4 is 29.9 Å². The van der Waals surface area contributed by atoms with Gasteiger partial charge in [-0.15, -0.1) is 24.0 Å². The summed E-state index contributed by atoms with van der Waals surface area (Å²) in [4.78, 5) is 4.20. The van der Waals surface area contributed by atoms with Gasteiger partial charge in [-0.25, -0.2) is 0 Å². The lowest BCUT2D eigenvalue weighted by molar-refractivity contribution is 0.145. The number of hydrogen-bond acceptors (Lipinski definition) is 3. The van der Waals surface area contributed by atoms with Gasteiger partial charge in [0.25, 0.3) is 0 Å².